The molecule has 0 spiro atoms. The van der Waals surface area contributed by atoms with Crippen LogP contribution in [0.25, 0.3) is 22.3 Å². The molecule has 0 saturated carbocycles. The number of aryl methyl sites for hydroxylation is 1. The van der Waals surface area contributed by atoms with Crippen molar-refractivity contribution >= 4 is 36.4 Å². The van der Waals surface area contributed by atoms with Crippen molar-refractivity contribution in [2.75, 3.05) is 37.9 Å². The molecule has 0 aliphatic rings. The lowest BCUT2D eigenvalue weighted by Gasteiger charge is -2.15. The van der Waals surface area contributed by atoms with E-state index in [0.29, 0.717) is 29.3 Å². The first-order valence-electron chi connectivity index (χ1n) is 11.9. The summed E-state index contributed by atoms with van der Waals surface area (Å²) in [7, 11) is -4.65. The Labute approximate surface area is 218 Å². The maximum Gasteiger partial charge on any atom is 0.206 e. The van der Waals surface area contributed by atoms with E-state index in [9.17, 15) is 16.8 Å². The van der Waals surface area contributed by atoms with E-state index in [1.165, 1.54) is 6.26 Å². The molecule has 0 aliphatic heterocycles. The Bertz CT molecular complexity index is 1610. The monoisotopic (exact) mass is 538 g/mol. The van der Waals surface area contributed by atoms with Gasteiger partial charge in [0, 0.05) is 23.8 Å². The van der Waals surface area contributed by atoms with Gasteiger partial charge in [-0.05, 0) is 80.5 Å². The van der Waals surface area contributed by atoms with Crippen molar-refractivity contribution in [2.24, 2.45) is 0 Å². The van der Waals surface area contributed by atoms with Crippen LogP contribution in [0.1, 0.15) is 12.0 Å². The molecule has 4 aromatic rings. The summed E-state index contributed by atoms with van der Waals surface area (Å²) < 4.78 is 48.4. The second-order valence-corrected chi connectivity index (χ2v) is 13.4. The predicted molar refractivity (Wildman–Crippen MR) is 147 cm³/mol. The van der Waals surface area contributed by atoms with Crippen molar-refractivity contribution in [3.63, 3.8) is 0 Å². The van der Waals surface area contributed by atoms with Crippen molar-refractivity contribution in [2.45, 2.75) is 22.6 Å². The Morgan fingerprint density at radius 3 is 2.19 bits per heavy atom. The highest BCUT2D eigenvalue weighted by Crippen LogP contribution is 2.27. The first kappa shape index (κ1) is 26.7. The molecule has 37 heavy (non-hydrogen) atoms. The molecule has 0 atom stereocenters. The molecule has 0 unspecified atom stereocenters. The van der Waals surface area contributed by atoms with Gasteiger partial charge in [0.15, 0.2) is 5.82 Å². The van der Waals surface area contributed by atoms with Gasteiger partial charge in [0.2, 0.25) is 9.84 Å². The lowest BCUT2D eigenvalue weighted by molar-refractivity contribution is 0.348. The molecule has 8 nitrogen and oxygen atoms in total. The van der Waals surface area contributed by atoms with Crippen LogP contribution in [0.2, 0.25) is 0 Å². The number of fused-ring (bicyclic) bond motifs is 1. The van der Waals surface area contributed by atoms with Crippen LogP contribution in [-0.4, -0.2) is 63.8 Å². The van der Waals surface area contributed by atoms with Crippen molar-refractivity contribution in [3.05, 3.63) is 78.4 Å². The molecule has 10 heteroatoms. The number of nitrogens with two attached hydrogens (primary N) is 1. The molecule has 4 rings (SSSR count). The van der Waals surface area contributed by atoms with E-state index in [1.54, 1.807) is 54.6 Å². The zero-order chi connectivity index (χ0) is 26.6. The van der Waals surface area contributed by atoms with Crippen LogP contribution in [0.4, 0.5) is 5.82 Å². The summed E-state index contributed by atoms with van der Waals surface area (Å²) in [5, 5.41) is 0.759. The Hall–Kier alpha value is -3.34. The standard InChI is InChI=1S/C27H30N4O4S2/c1-31(17-18-36(2,32)33)16-6-7-20-10-15-25-24(19-20)26(28)30-27(29-25)21-11-13-23(14-12-21)37(34,35)22-8-4-3-5-9-22/h3-5,8-15,19H,6-7,16-18H2,1-2H3,(H2,28,29,30). The third-order valence-corrected chi connectivity index (χ3v) is 8.82. The van der Waals surface area contributed by atoms with Crippen LogP contribution < -0.4 is 5.73 Å². The first-order chi connectivity index (χ1) is 17.5. The Kier molecular flexibility index (Phi) is 7.91. The molecule has 0 fully saturated rings. The highest BCUT2D eigenvalue weighted by atomic mass is 32.2. The molecular formula is C27H30N4O4S2. The van der Waals surface area contributed by atoms with Crippen LogP contribution in [0.15, 0.2) is 82.6 Å². The summed E-state index contributed by atoms with van der Waals surface area (Å²) in [6, 6.07) is 20.7. The fourth-order valence-corrected chi connectivity index (χ4v) is 5.91. The predicted octanol–water partition coefficient (Wildman–Crippen LogP) is 3.62. The molecule has 0 amide bonds. The van der Waals surface area contributed by atoms with Crippen LogP contribution in [0, 0.1) is 0 Å². The molecule has 194 valence electrons. The average Bonchev–Trinajstić information content (AvgIpc) is 2.88. The first-order valence-corrected chi connectivity index (χ1v) is 15.4. The summed E-state index contributed by atoms with van der Waals surface area (Å²) in [5.74, 6) is 0.934. The molecule has 0 saturated heterocycles. The van der Waals surface area contributed by atoms with Gasteiger partial charge in [0.25, 0.3) is 0 Å². The zero-order valence-electron chi connectivity index (χ0n) is 20.8. The topological polar surface area (TPSA) is 123 Å². The largest absolute Gasteiger partial charge is 0.383 e. The Balaban J connectivity index is 1.47. The van der Waals surface area contributed by atoms with Gasteiger partial charge in [-0.1, -0.05) is 24.3 Å². The van der Waals surface area contributed by atoms with E-state index in [0.717, 1.165) is 30.3 Å². The smallest absolute Gasteiger partial charge is 0.206 e. The molecule has 1 aromatic heterocycles. The van der Waals surface area contributed by atoms with Crippen LogP contribution in [0.3, 0.4) is 0 Å². The third-order valence-electron chi connectivity index (χ3n) is 6.12. The number of benzene rings is 3. The molecule has 0 radical (unpaired) electrons. The molecule has 0 bridgehead atoms. The number of hydrogen-bond donors (Lipinski definition) is 1. The SMILES string of the molecule is CN(CCCc1ccc2nc(-c3ccc(S(=O)(=O)c4ccccc4)cc3)nc(N)c2c1)CCS(C)(=O)=O. The summed E-state index contributed by atoms with van der Waals surface area (Å²) in [4.78, 5) is 11.6. The maximum absolute atomic E-state index is 12.8. The van der Waals surface area contributed by atoms with E-state index in [1.807, 2.05) is 30.1 Å². The van der Waals surface area contributed by atoms with Gasteiger partial charge in [-0.3, -0.25) is 0 Å². The van der Waals surface area contributed by atoms with Gasteiger partial charge in [-0.2, -0.15) is 0 Å². The molecular weight excluding hydrogens is 508 g/mol. The summed E-state index contributed by atoms with van der Waals surface area (Å²) >= 11 is 0. The minimum absolute atomic E-state index is 0.154. The van der Waals surface area contributed by atoms with Gasteiger partial charge in [-0.25, -0.2) is 26.8 Å². The lowest BCUT2D eigenvalue weighted by Crippen LogP contribution is -2.26. The van der Waals surface area contributed by atoms with Gasteiger partial charge < -0.3 is 10.6 Å². The van der Waals surface area contributed by atoms with Crippen LogP contribution in [0.5, 0.6) is 0 Å². The number of aromatic nitrogens is 2. The Morgan fingerprint density at radius 1 is 0.838 bits per heavy atom. The van der Waals surface area contributed by atoms with Gasteiger partial charge in [0.05, 0.1) is 21.1 Å². The van der Waals surface area contributed by atoms with Crippen LogP contribution in [-0.2, 0) is 26.1 Å². The summed E-state index contributed by atoms with van der Waals surface area (Å²) in [6.07, 6.45) is 2.94. The van der Waals surface area contributed by atoms with Crippen molar-refractivity contribution < 1.29 is 16.8 Å². The Morgan fingerprint density at radius 2 is 1.51 bits per heavy atom. The highest BCUT2D eigenvalue weighted by molar-refractivity contribution is 7.91. The second kappa shape index (κ2) is 11.0. The van der Waals surface area contributed by atoms with E-state index >= 15 is 0 Å². The lowest BCUT2D eigenvalue weighted by atomic mass is 10.1. The number of hydrogen-bond acceptors (Lipinski definition) is 8. The number of anilines is 1. The highest BCUT2D eigenvalue weighted by Gasteiger charge is 2.17. The number of nitrogens with zero attached hydrogens (tertiary/aromatic N) is 3. The second-order valence-electron chi connectivity index (χ2n) is 9.16. The van der Waals surface area contributed by atoms with E-state index in [2.05, 4.69) is 9.97 Å². The van der Waals surface area contributed by atoms with Gasteiger partial charge >= 0.3 is 0 Å². The number of sulfone groups is 2. The summed E-state index contributed by atoms with van der Waals surface area (Å²) in [6.45, 7) is 1.30. The van der Waals surface area contributed by atoms with Crippen molar-refractivity contribution in [1.82, 2.24) is 14.9 Å². The molecule has 2 N–H and O–H groups in total. The van der Waals surface area contributed by atoms with Gasteiger partial charge in [-0.15, -0.1) is 0 Å². The third kappa shape index (κ3) is 6.71. The molecule has 1 heterocycles. The average molecular weight is 539 g/mol. The maximum atomic E-state index is 12.8. The minimum Gasteiger partial charge on any atom is -0.383 e. The summed E-state index contributed by atoms with van der Waals surface area (Å²) in [5.41, 5.74) is 8.76. The van der Waals surface area contributed by atoms with E-state index < -0.39 is 19.7 Å². The van der Waals surface area contributed by atoms with E-state index in [4.69, 9.17) is 5.73 Å². The molecule has 0 aliphatic carbocycles. The number of rotatable bonds is 10. The zero-order valence-corrected chi connectivity index (χ0v) is 22.5. The fraction of sp³-hybridized carbons (Fsp3) is 0.259. The quantitative estimate of drug-likeness (QED) is 0.325. The fourth-order valence-electron chi connectivity index (χ4n) is 3.99. The number of nitrogen functional groups attached to an aromatic ring is 1. The molecule has 3 aromatic carbocycles. The van der Waals surface area contributed by atoms with Crippen molar-refractivity contribution in [1.29, 1.82) is 0 Å². The normalized spacial score (nSPS) is 12.3. The van der Waals surface area contributed by atoms with Crippen molar-refractivity contribution in [3.8, 4) is 11.4 Å². The van der Waals surface area contributed by atoms with E-state index in [-0.39, 0.29) is 15.5 Å². The minimum atomic E-state index is -3.60. The van der Waals surface area contributed by atoms with Gasteiger partial charge in [0.1, 0.15) is 15.7 Å². The van der Waals surface area contributed by atoms with Crippen LogP contribution >= 0.6 is 0 Å².